The monoisotopic (exact) mass is 346 g/mol. The molecule has 1 aromatic rings. The molecule has 0 aliphatic carbocycles. The van der Waals surface area contributed by atoms with Gasteiger partial charge in [0.15, 0.2) is 0 Å². The third kappa shape index (κ3) is 6.06. The number of likely N-dealkylation sites (N-methyl/N-ethyl adjacent to an activating group) is 1. The second kappa shape index (κ2) is 9.27. The molecule has 1 amide bonds. The Morgan fingerprint density at radius 1 is 1.40 bits per heavy atom. The van der Waals surface area contributed by atoms with Crippen molar-refractivity contribution in [2.24, 2.45) is 0 Å². The van der Waals surface area contributed by atoms with Gasteiger partial charge in [0.2, 0.25) is 5.91 Å². The normalized spacial score (nSPS) is 22.4. The van der Waals surface area contributed by atoms with Crippen molar-refractivity contribution < 1.29 is 9.53 Å². The molecule has 1 atom stereocenters. The molecule has 6 heteroatoms. The van der Waals surface area contributed by atoms with Crippen LogP contribution < -0.4 is 5.32 Å². The van der Waals surface area contributed by atoms with Crippen molar-refractivity contribution in [3.05, 3.63) is 30.1 Å². The molecule has 0 radical (unpaired) electrons. The number of amides is 1. The van der Waals surface area contributed by atoms with Gasteiger partial charge in [0.1, 0.15) is 0 Å². The van der Waals surface area contributed by atoms with E-state index in [0.717, 1.165) is 51.2 Å². The molecule has 0 bridgehead atoms. The zero-order valence-electron chi connectivity index (χ0n) is 15.2. The van der Waals surface area contributed by atoms with Gasteiger partial charge in [-0.2, -0.15) is 0 Å². The standard InChI is InChI=1S/C19H30N4O2/c1-22(13-16-4-2-8-20-12-16)15-19(24)21-17-6-9-23(10-7-17)14-18-5-3-11-25-18/h2,4,8,12,17-18H,3,5-7,9-11,13-15H2,1H3,(H,21,24)/t18-/m1/s1. The molecule has 2 saturated heterocycles. The maximum absolute atomic E-state index is 12.3. The van der Waals surface area contributed by atoms with Gasteiger partial charge in [-0.1, -0.05) is 6.07 Å². The first kappa shape index (κ1) is 18.3. The number of piperidine rings is 1. The number of hydrogen-bond acceptors (Lipinski definition) is 5. The zero-order chi connectivity index (χ0) is 17.5. The van der Waals surface area contributed by atoms with E-state index in [-0.39, 0.29) is 5.91 Å². The van der Waals surface area contributed by atoms with Crippen LogP contribution in [0.5, 0.6) is 0 Å². The Kier molecular flexibility index (Phi) is 6.78. The first-order valence-corrected chi connectivity index (χ1v) is 9.40. The van der Waals surface area contributed by atoms with Crippen LogP contribution in [0.3, 0.4) is 0 Å². The summed E-state index contributed by atoms with van der Waals surface area (Å²) in [6, 6.07) is 4.26. The quantitative estimate of drug-likeness (QED) is 0.806. The van der Waals surface area contributed by atoms with Gasteiger partial charge in [0, 0.05) is 51.2 Å². The summed E-state index contributed by atoms with van der Waals surface area (Å²) in [5.41, 5.74) is 1.13. The molecule has 2 fully saturated rings. The number of carbonyl (C=O) groups excluding carboxylic acids is 1. The second-order valence-corrected chi connectivity index (χ2v) is 7.31. The van der Waals surface area contributed by atoms with Gasteiger partial charge in [-0.15, -0.1) is 0 Å². The van der Waals surface area contributed by atoms with Crippen LogP contribution in [-0.2, 0) is 16.1 Å². The van der Waals surface area contributed by atoms with Crippen molar-refractivity contribution in [1.29, 1.82) is 0 Å². The van der Waals surface area contributed by atoms with Crippen molar-refractivity contribution in [3.8, 4) is 0 Å². The summed E-state index contributed by atoms with van der Waals surface area (Å²) in [4.78, 5) is 20.9. The summed E-state index contributed by atoms with van der Waals surface area (Å²) in [5, 5.41) is 3.20. The summed E-state index contributed by atoms with van der Waals surface area (Å²) >= 11 is 0. The highest BCUT2D eigenvalue weighted by atomic mass is 16.5. The van der Waals surface area contributed by atoms with Crippen LogP contribution in [0.4, 0.5) is 0 Å². The van der Waals surface area contributed by atoms with Crippen LogP contribution in [-0.4, -0.2) is 72.7 Å². The van der Waals surface area contributed by atoms with Gasteiger partial charge < -0.3 is 15.0 Å². The van der Waals surface area contributed by atoms with E-state index in [2.05, 4.69) is 15.2 Å². The lowest BCUT2D eigenvalue weighted by atomic mass is 10.0. The predicted molar refractivity (Wildman–Crippen MR) is 97.1 cm³/mol. The van der Waals surface area contributed by atoms with Crippen LogP contribution >= 0.6 is 0 Å². The third-order valence-electron chi connectivity index (χ3n) is 5.03. The Morgan fingerprint density at radius 3 is 2.92 bits per heavy atom. The molecule has 25 heavy (non-hydrogen) atoms. The first-order chi connectivity index (χ1) is 12.2. The fourth-order valence-corrected chi connectivity index (χ4v) is 3.71. The Morgan fingerprint density at radius 2 is 2.24 bits per heavy atom. The number of hydrogen-bond donors (Lipinski definition) is 1. The highest BCUT2D eigenvalue weighted by Crippen LogP contribution is 2.17. The Hall–Kier alpha value is -1.50. The summed E-state index contributed by atoms with van der Waals surface area (Å²) in [6.07, 6.45) is 8.49. The van der Waals surface area contributed by atoms with Gasteiger partial charge in [-0.05, 0) is 44.4 Å². The minimum atomic E-state index is 0.115. The first-order valence-electron chi connectivity index (χ1n) is 9.40. The summed E-state index contributed by atoms with van der Waals surface area (Å²) in [7, 11) is 1.97. The molecule has 3 heterocycles. The number of rotatable bonds is 7. The highest BCUT2D eigenvalue weighted by Gasteiger charge is 2.24. The Balaban J connectivity index is 1.33. The molecule has 6 nitrogen and oxygen atoms in total. The molecule has 0 unspecified atom stereocenters. The van der Waals surface area contributed by atoms with Crippen LogP contribution in [0.15, 0.2) is 24.5 Å². The number of nitrogens with one attached hydrogen (secondary N) is 1. The minimum Gasteiger partial charge on any atom is -0.377 e. The fourth-order valence-electron chi connectivity index (χ4n) is 3.71. The molecule has 1 aromatic heterocycles. The molecule has 2 aliphatic rings. The number of aromatic nitrogens is 1. The lowest BCUT2D eigenvalue weighted by Gasteiger charge is -2.33. The average molecular weight is 346 g/mol. The lowest BCUT2D eigenvalue weighted by Crippen LogP contribution is -2.48. The molecular weight excluding hydrogens is 316 g/mol. The van der Waals surface area contributed by atoms with E-state index < -0.39 is 0 Å². The van der Waals surface area contributed by atoms with Crippen LogP contribution in [0.2, 0.25) is 0 Å². The highest BCUT2D eigenvalue weighted by molar-refractivity contribution is 5.78. The smallest absolute Gasteiger partial charge is 0.234 e. The average Bonchev–Trinajstić information content (AvgIpc) is 3.10. The number of nitrogens with zero attached hydrogens (tertiary/aromatic N) is 3. The van der Waals surface area contributed by atoms with Gasteiger partial charge >= 0.3 is 0 Å². The summed E-state index contributed by atoms with van der Waals surface area (Å²) in [6.45, 7) is 5.23. The SMILES string of the molecule is CN(CC(=O)NC1CCN(C[C@H]2CCCO2)CC1)Cc1cccnc1. The van der Waals surface area contributed by atoms with E-state index in [0.29, 0.717) is 18.7 Å². The van der Waals surface area contributed by atoms with Crippen molar-refractivity contribution in [2.45, 2.75) is 44.4 Å². The van der Waals surface area contributed by atoms with Crippen molar-refractivity contribution in [3.63, 3.8) is 0 Å². The number of likely N-dealkylation sites (tertiary alicyclic amines) is 1. The van der Waals surface area contributed by atoms with Gasteiger partial charge in [-0.3, -0.25) is 14.7 Å². The molecule has 138 valence electrons. The Bertz CT molecular complexity index is 525. The molecule has 0 spiro atoms. The Labute approximate surface area is 150 Å². The maximum atomic E-state index is 12.3. The van der Waals surface area contributed by atoms with E-state index in [4.69, 9.17) is 4.74 Å². The van der Waals surface area contributed by atoms with Gasteiger partial charge in [-0.25, -0.2) is 0 Å². The maximum Gasteiger partial charge on any atom is 0.234 e. The van der Waals surface area contributed by atoms with Crippen LogP contribution in [0.25, 0.3) is 0 Å². The predicted octanol–water partition coefficient (Wildman–Crippen LogP) is 1.27. The molecule has 3 rings (SSSR count). The summed E-state index contributed by atoms with van der Waals surface area (Å²) < 4.78 is 5.72. The van der Waals surface area contributed by atoms with E-state index in [1.165, 1.54) is 12.8 Å². The zero-order valence-corrected chi connectivity index (χ0v) is 15.2. The molecule has 2 aliphatic heterocycles. The summed E-state index contributed by atoms with van der Waals surface area (Å²) in [5.74, 6) is 0.115. The number of carbonyl (C=O) groups is 1. The molecule has 1 N–H and O–H groups in total. The lowest BCUT2D eigenvalue weighted by molar-refractivity contribution is -0.123. The van der Waals surface area contributed by atoms with Gasteiger partial charge in [0.05, 0.1) is 12.6 Å². The second-order valence-electron chi connectivity index (χ2n) is 7.31. The van der Waals surface area contributed by atoms with Crippen LogP contribution in [0, 0.1) is 0 Å². The van der Waals surface area contributed by atoms with Crippen molar-refractivity contribution in [2.75, 3.05) is 39.8 Å². The van der Waals surface area contributed by atoms with Crippen molar-refractivity contribution >= 4 is 5.91 Å². The number of ether oxygens (including phenoxy) is 1. The topological polar surface area (TPSA) is 57.7 Å². The van der Waals surface area contributed by atoms with E-state index >= 15 is 0 Å². The van der Waals surface area contributed by atoms with Gasteiger partial charge in [0.25, 0.3) is 0 Å². The van der Waals surface area contributed by atoms with E-state index in [9.17, 15) is 4.79 Å². The van der Waals surface area contributed by atoms with E-state index in [1.54, 1.807) is 6.20 Å². The number of pyridine rings is 1. The van der Waals surface area contributed by atoms with Crippen LogP contribution in [0.1, 0.15) is 31.2 Å². The fraction of sp³-hybridized carbons (Fsp3) is 0.684. The minimum absolute atomic E-state index is 0.115. The van der Waals surface area contributed by atoms with E-state index in [1.807, 2.05) is 30.3 Å². The molecular formula is C19H30N4O2. The van der Waals surface area contributed by atoms with Crippen molar-refractivity contribution in [1.82, 2.24) is 20.1 Å². The molecule has 0 aromatic carbocycles. The molecule has 0 saturated carbocycles. The third-order valence-corrected chi connectivity index (χ3v) is 5.03. The largest absolute Gasteiger partial charge is 0.377 e.